The van der Waals surface area contributed by atoms with E-state index in [4.69, 9.17) is 4.74 Å². The monoisotopic (exact) mass is 240 g/mol. The van der Waals surface area contributed by atoms with E-state index in [2.05, 4.69) is 0 Å². The molecule has 0 aliphatic heterocycles. The van der Waals surface area contributed by atoms with Crippen LogP contribution in [-0.4, -0.2) is 23.4 Å². The first-order chi connectivity index (χ1) is 7.69. The minimum atomic E-state index is -1.01. The second-order valence-electron chi connectivity index (χ2n) is 5.24. The molecule has 0 aromatic heterocycles. The Morgan fingerprint density at radius 3 is 2.35 bits per heavy atom. The van der Waals surface area contributed by atoms with Crippen molar-refractivity contribution in [2.45, 2.75) is 45.3 Å². The van der Waals surface area contributed by atoms with E-state index < -0.39 is 11.2 Å². The van der Waals surface area contributed by atoms with E-state index in [-0.39, 0.29) is 5.82 Å². The molecule has 0 heterocycles. The molecule has 3 heteroatoms. The summed E-state index contributed by atoms with van der Waals surface area (Å²) in [5, 5.41) is 10.5. The zero-order valence-corrected chi connectivity index (χ0v) is 11.2. The molecule has 0 amide bonds. The minimum absolute atomic E-state index is 0.253. The van der Waals surface area contributed by atoms with Gasteiger partial charge in [-0.1, -0.05) is 6.07 Å². The second kappa shape index (κ2) is 4.75. The molecule has 1 aromatic carbocycles. The molecular formula is C14H21FO2. The smallest absolute Gasteiger partial charge is 0.123 e. The lowest BCUT2D eigenvalue weighted by molar-refractivity contribution is -0.139. The van der Waals surface area contributed by atoms with Gasteiger partial charge in [0, 0.05) is 13.5 Å². The molecule has 0 spiro atoms. The van der Waals surface area contributed by atoms with E-state index in [1.807, 2.05) is 20.8 Å². The third-order valence-corrected chi connectivity index (χ3v) is 3.65. The SMILES string of the molecule is COC(C)(C)C(C)(O)Cc1ccc(F)cc1C. The van der Waals surface area contributed by atoms with Crippen LogP contribution in [0.15, 0.2) is 18.2 Å². The molecule has 1 rings (SSSR count). The number of hydrogen-bond acceptors (Lipinski definition) is 2. The molecule has 1 N–H and O–H groups in total. The highest BCUT2D eigenvalue weighted by Crippen LogP contribution is 2.29. The lowest BCUT2D eigenvalue weighted by atomic mass is 9.81. The van der Waals surface area contributed by atoms with Crippen molar-refractivity contribution in [1.29, 1.82) is 0 Å². The summed E-state index contributed by atoms with van der Waals surface area (Å²) in [6.45, 7) is 7.26. The van der Waals surface area contributed by atoms with Crippen molar-refractivity contribution in [2.24, 2.45) is 0 Å². The molecule has 1 aromatic rings. The van der Waals surface area contributed by atoms with Crippen LogP contribution in [0.3, 0.4) is 0 Å². The van der Waals surface area contributed by atoms with Crippen LogP contribution in [0, 0.1) is 12.7 Å². The predicted molar refractivity (Wildman–Crippen MR) is 66.6 cm³/mol. The van der Waals surface area contributed by atoms with Crippen molar-refractivity contribution in [3.8, 4) is 0 Å². The molecule has 96 valence electrons. The molecule has 17 heavy (non-hydrogen) atoms. The molecular weight excluding hydrogens is 219 g/mol. The van der Waals surface area contributed by atoms with Gasteiger partial charge in [0.05, 0.1) is 11.2 Å². The Bertz CT molecular complexity index is 397. The van der Waals surface area contributed by atoms with Gasteiger partial charge in [0.25, 0.3) is 0 Å². The van der Waals surface area contributed by atoms with E-state index in [1.54, 1.807) is 20.1 Å². The molecule has 0 aliphatic carbocycles. The van der Waals surface area contributed by atoms with Crippen molar-refractivity contribution < 1.29 is 14.2 Å². The number of methoxy groups -OCH3 is 1. The zero-order chi connectivity index (χ0) is 13.3. The normalized spacial score (nSPS) is 15.7. The van der Waals surface area contributed by atoms with Gasteiger partial charge in [-0.15, -0.1) is 0 Å². The van der Waals surface area contributed by atoms with Crippen LogP contribution in [-0.2, 0) is 11.2 Å². The molecule has 2 nitrogen and oxygen atoms in total. The standard InChI is InChI=1S/C14H21FO2/c1-10-8-12(15)7-6-11(10)9-14(4,16)13(2,3)17-5/h6-8,16H,9H2,1-5H3. The average Bonchev–Trinajstić information content (AvgIpc) is 2.22. The third kappa shape index (κ3) is 3.05. The summed E-state index contributed by atoms with van der Waals surface area (Å²) in [7, 11) is 1.58. The lowest BCUT2D eigenvalue weighted by Crippen LogP contribution is -2.50. The van der Waals surface area contributed by atoms with Crippen molar-refractivity contribution in [3.05, 3.63) is 35.1 Å². The highest BCUT2D eigenvalue weighted by atomic mass is 19.1. The number of benzene rings is 1. The van der Waals surface area contributed by atoms with Crippen LogP contribution >= 0.6 is 0 Å². The summed E-state index contributed by atoms with van der Waals surface area (Å²) in [6.07, 6.45) is 0.431. The highest BCUT2D eigenvalue weighted by molar-refractivity contribution is 5.28. The summed E-state index contributed by atoms with van der Waals surface area (Å²) >= 11 is 0. The largest absolute Gasteiger partial charge is 0.387 e. The van der Waals surface area contributed by atoms with Crippen LogP contribution in [0.4, 0.5) is 4.39 Å². The Labute approximate surface area is 102 Å². The molecule has 0 saturated carbocycles. The van der Waals surface area contributed by atoms with E-state index in [9.17, 15) is 9.50 Å². The minimum Gasteiger partial charge on any atom is -0.387 e. The van der Waals surface area contributed by atoms with Crippen LogP contribution in [0.1, 0.15) is 31.9 Å². The Morgan fingerprint density at radius 2 is 1.88 bits per heavy atom. The molecule has 0 aliphatic rings. The molecule has 1 atom stereocenters. The van der Waals surface area contributed by atoms with E-state index in [1.165, 1.54) is 12.1 Å². The topological polar surface area (TPSA) is 29.5 Å². The van der Waals surface area contributed by atoms with Gasteiger partial charge < -0.3 is 9.84 Å². The molecule has 0 saturated heterocycles. The number of ether oxygens (including phenoxy) is 1. The fourth-order valence-corrected chi connectivity index (χ4v) is 1.66. The average molecular weight is 240 g/mol. The first-order valence-corrected chi connectivity index (χ1v) is 5.72. The fraction of sp³-hybridized carbons (Fsp3) is 0.571. The zero-order valence-electron chi connectivity index (χ0n) is 11.2. The summed E-state index contributed by atoms with van der Waals surface area (Å²) < 4.78 is 18.3. The maximum atomic E-state index is 13.0. The van der Waals surface area contributed by atoms with Gasteiger partial charge in [-0.3, -0.25) is 0 Å². The Morgan fingerprint density at radius 1 is 1.29 bits per heavy atom. The van der Waals surface area contributed by atoms with Crippen LogP contribution < -0.4 is 0 Å². The Balaban J connectivity index is 2.98. The summed E-state index contributed by atoms with van der Waals surface area (Å²) in [5.41, 5.74) is 0.108. The van der Waals surface area contributed by atoms with Gasteiger partial charge in [-0.25, -0.2) is 4.39 Å². The number of halogens is 1. The number of hydrogen-bond donors (Lipinski definition) is 1. The van der Waals surface area contributed by atoms with Crippen molar-refractivity contribution in [2.75, 3.05) is 7.11 Å². The van der Waals surface area contributed by atoms with E-state index >= 15 is 0 Å². The number of rotatable bonds is 4. The Hall–Kier alpha value is -0.930. The molecule has 1 unspecified atom stereocenters. The van der Waals surface area contributed by atoms with Gasteiger partial charge in [-0.2, -0.15) is 0 Å². The first-order valence-electron chi connectivity index (χ1n) is 5.72. The van der Waals surface area contributed by atoms with Crippen LogP contribution in [0.2, 0.25) is 0 Å². The number of aliphatic hydroxyl groups is 1. The van der Waals surface area contributed by atoms with E-state index in [0.29, 0.717) is 6.42 Å². The quantitative estimate of drug-likeness (QED) is 0.877. The highest BCUT2D eigenvalue weighted by Gasteiger charge is 2.39. The molecule has 0 radical (unpaired) electrons. The van der Waals surface area contributed by atoms with Crippen LogP contribution in [0.25, 0.3) is 0 Å². The maximum Gasteiger partial charge on any atom is 0.123 e. The maximum absolute atomic E-state index is 13.0. The fourth-order valence-electron chi connectivity index (χ4n) is 1.66. The van der Waals surface area contributed by atoms with Crippen molar-refractivity contribution in [3.63, 3.8) is 0 Å². The Kier molecular flexibility index (Phi) is 3.95. The lowest BCUT2D eigenvalue weighted by Gasteiger charge is -2.39. The second-order valence-corrected chi connectivity index (χ2v) is 5.24. The first kappa shape index (κ1) is 14.1. The molecule has 0 fully saturated rings. The van der Waals surface area contributed by atoms with Gasteiger partial charge >= 0.3 is 0 Å². The van der Waals surface area contributed by atoms with Crippen molar-refractivity contribution >= 4 is 0 Å². The summed E-state index contributed by atoms with van der Waals surface area (Å²) in [4.78, 5) is 0. The van der Waals surface area contributed by atoms with Gasteiger partial charge in [0.2, 0.25) is 0 Å². The van der Waals surface area contributed by atoms with Gasteiger partial charge in [0.1, 0.15) is 5.82 Å². The predicted octanol–water partition coefficient (Wildman–Crippen LogP) is 2.85. The van der Waals surface area contributed by atoms with Gasteiger partial charge in [0.15, 0.2) is 0 Å². The van der Waals surface area contributed by atoms with E-state index in [0.717, 1.165) is 11.1 Å². The summed E-state index contributed by atoms with van der Waals surface area (Å²) in [6, 6.07) is 4.61. The third-order valence-electron chi connectivity index (χ3n) is 3.65. The van der Waals surface area contributed by atoms with Crippen LogP contribution in [0.5, 0.6) is 0 Å². The molecule has 0 bridgehead atoms. The summed E-state index contributed by atoms with van der Waals surface area (Å²) in [5.74, 6) is -0.253. The van der Waals surface area contributed by atoms with Gasteiger partial charge in [-0.05, 0) is 51.0 Å². The number of aryl methyl sites for hydroxylation is 1. The van der Waals surface area contributed by atoms with Crippen molar-refractivity contribution in [1.82, 2.24) is 0 Å².